The maximum Gasteiger partial charge on any atom is 0.237 e. The van der Waals surface area contributed by atoms with Gasteiger partial charge in [0.2, 0.25) is 5.91 Å². The van der Waals surface area contributed by atoms with Crippen LogP contribution in [0.25, 0.3) is 10.1 Å². The minimum absolute atomic E-state index is 0.0402. The largest absolute Gasteiger partial charge is 0.340 e. The van der Waals surface area contributed by atoms with Crippen molar-refractivity contribution in [3.63, 3.8) is 0 Å². The third-order valence-electron chi connectivity index (χ3n) is 2.51. The van der Waals surface area contributed by atoms with Crippen LogP contribution in [-0.4, -0.2) is 23.7 Å². The van der Waals surface area contributed by atoms with Gasteiger partial charge in [-0.25, -0.2) is 0 Å². The minimum atomic E-state index is -0.0445. The molecular formula is C12H12ClNOS. The highest BCUT2D eigenvalue weighted by Gasteiger charge is 2.10. The maximum atomic E-state index is 11.4. The molecule has 1 amide bonds. The van der Waals surface area contributed by atoms with E-state index >= 15 is 0 Å². The van der Waals surface area contributed by atoms with E-state index in [-0.39, 0.29) is 11.8 Å². The standard InChI is InChI=1S/C12H12ClNOS/c1-14(12(15)6-13)7-9-8-16-11-5-3-2-4-10(9)11/h2-5,8H,6-7H2,1H3. The third kappa shape index (κ3) is 2.20. The molecule has 0 saturated heterocycles. The molecule has 2 aromatic rings. The van der Waals surface area contributed by atoms with Crippen LogP contribution in [0.3, 0.4) is 0 Å². The number of nitrogens with zero attached hydrogens (tertiary/aromatic N) is 1. The number of amides is 1. The molecule has 0 fully saturated rings. The second-order valence-corrected chi connectivity index (χ2v) is 4.82. The summed E-state index contributed by atoms with van der Waals surface area (Å²) in [5.74, 6) is -0.00425. The van der Waals surface area contributed by atoms with E-state index in [1.807, 2.05) is 12.1 Å². The molecule has 0 N–H and O–H groups in total. The summed E-state index contributed by atoms with van der Waals surface area (Å²) in [4.78, 5) is 13.0. The molecule has 0 atom stereocenters. The van der Waals surface area contributed by atoms with Crippen LogP contribution in [0.1, 0.15) is 5.56 Å². The monoisotopic (exact) mass is 253 g/mol. The minimum Gasteiger partial charge on any atom is -0.340 e. The Hall–Kier alpha value is -1.06. The van der Waals surface area contributed by atoms with Crippen molar-refractivity contribution in [3.8, 4) is 0 Å². The van der Waals surface area contributed by atoms with Gasteiger partial charge in [0.1, 0.15) is 5.88 Å². The fourth-order valence-corrected chi connectivity index (χ4v) is 2.76. The molecule has 0 aliphatic heterocycles. The van der Waals surface area contributed by atoms with Crippen LogP contribution in [0.4, 0.5) is 0 Å². The summed E-state index contributed by atoms with van der Waals surface area (Å²) in [5, 5.41) is 3.32. The van der Waals surface area contributed by atoms with Gasteiger partial charge in [0.15, 0.2) is 0 Å². The number of hydrogen-bond acceptors (Lipinski definition) is 2. The normalized spacial score (nSPS) is 10.6. The van der Waals surface area contributed by atoms with Crippen molar-refractivity contribution >= 4 is 38.9 Å². The van der Waals surface area contributed by atoms with Crippen LogP contribution in [0.2, 0.25) is 0 Å². The van der Waals surface area contributed by atoms with Crippen molar-refractivity contribution < 1.29 is 4.79 Å². The first-order chi connectivity index (χ1) is 7.72. The second kappa shape index (κ2) is 4.85. The van der Waals surface area contributed by atoms with Crippen molar-refractivity contribution in [1.82, 2.24) is 4.90 Å². The smallest absolute Gasteiger partial charge is 0.237 e. The van der Waals surface area contributed by atoms with E-state index in [0.717, 1.165) is 0 Å². The zero-order valence-electron chi connectivity index (χ0n) is 8.94. The summed E-state index contributed by atoms with van der Waals surface area (Å²) in [5.41, 5.74) is 1.18. The van der Waals surface area contributed by atoms with Gasteiger partial charge in [-0.05, 0) is 22.4 Å². The number of hydrogen-bond donors (Lipinski definition) is 0. The van der Waals surface area contributed by atoms with Crippen molar-refractivity contribution in [1.29, 1.82) is 0 Å². The summed E-state index contributed by atoms with van der Waals surface area (Å²) in [6.07, 6.45) is 0. The van der Waals surface area contributed by atoms with E-state index in [4.69, 9.17) is 11.6 Å². The molecule has 0 saturated carbocycles. The van der Waals surface area contributed by atoms with Gasteiger partial charge in [-0.3, -0.25) is 4.79 Å². The highest BCUT2D eigenvalue weighted by Crippen LogP contribution is 2.26. The summed E-state index contributed by atoms with van der Waals surface area (Å²) in [6, 6.07) is 8.21. The zero-order valence-corrected chi connectivity index (χ0v) is 10.5. The summed E-state index contributed by atoms with van der Waals surface area (Å²) >= 11 is 7.22. The number of alkyl halides is 1. The molecule has 4 heteroatoms. The molecule has 1 heterocycles. The predicted molar refractivity (Wildman–Crippen MR) is 69.0 cm³/mol. The van der Waals surface area contributed by atoms with E-state index in [1.54, 1.807) is 23.3 Å². The van der Waals surface area contributed by atoms with E-state index in [2.05, 4.69) is 17.5 Å². The third-order valence-corrected chi connectivity index (χ3v) is 3.75. The number of rotatable bonds is 3. The van der Waals surface area contributed by atoms with Crippen LogP contribution in [0.15, 0.2) is 29.6 Å². The molecule has 2 rings (SSSR count). The number of carbonyl (C=O) groups is 1. The van der Waals surface area contributed by atoms with Crippen LogP contribution in [-0.2, 0) is 11.3 Å². The van der Waals surface area contributed by atoms with Crippen molar-refractivity contribution in [3.05, 3.63) is 35.2 Å². The molecule has 0 spiro atoms. The van der Waals surface area contributed by atoms with Gasteiger partial charge in [0, 0.05) is 18.3 Å². The predicted octanol–water partition coefficient (Wildman–Crippen LogP) is 3.10. The Morgan fingerprint density at radius 1 is 1.44 bits per heavy atom. The Balaban J connectivity index is 2.24. The van der Waals surface area contributed by atoms with Gasteiger partial charge in [0.05, 0.1) is 0 Å². The number of thiophene rings is 1. The van der Waals surface area contributed by atoms with Gasteiger partial charge in [0.25, 0.3) is 0 Å². The first kappa shape index (κ1) is 11.4. The van der Waals surface area contributed by atoms with Gasteiger partial charge >= 0.3 is 0 Å². The van der Waals surface area contributed by atoms with Crippen LogP contribution in [0.5, 0.6) is 0 Å². The molecule has 84 valence electrons. The fourth-order valence-electron chi connectivity index (χ4n) is 1.60. The quantitative estimate of drug-likeness (QED) is 0.770. The summed E-state index contributed by atoms with van der Waals surface area (Å²) in [6.45, 7) is 0.621. The summed E-state index contributed by atoms with van der Waals surface area (Å²) in [7, 11) is 1.77. The van der Waals surface area contributed by atoms with Crippen molar-refractivity contribution in [2.75, 3.05) is 12.9 Å². The van der Waals surface area contributed by atoms with Crippen molar-refractivity contribution in [2.45, 2.75) is 6.54 Å². The zero-order chi connectivity index (χ0) is 11.5. The van der Waals surface area contributed by atoms with E-state index in [1.165, 1.54) is 15.6 Å². The van der Waals surface area contributed by atoms with E-state index < -0.39 is 0 Å². The molecule has 0 aliphatic rings. The van der Waals surface area contributed by atoms with Crippen molar-refractivity contribution in [2.24, 2.45) is 0 Å². The number of carbonyl (C=O) groups excluding carboxylic acids is 1. The molecule has 1 aromatic heterocycles. The molecule has 16 heavy (non-hydrogen) atoms. The Morgan fingerprint density at radius 3 is 2.94 bits per heavy atom. The molecular weight excluding hydrogens is 242 g/mol. The molecule has 0 aliphatic carbocycles. The molecule has 0 radical (unpaired) electrons. The lowest BCUT2D eigenvalue weighted by molar-refractivity contribution is -0.127. The van der Waals surface area contributed by atoms with Gasteiger partial charge in [-0.2, -0.15) is 0 Å². The lowest BCUT2D eigenvalue weighted by Crippen LogP contribution is -2.26. The van der Waals surface area contributed by atoms with Crippen LogP contribution >= 0.6 is 22.9 Å². The molecule has 1 aromatic carbocycles. The van der Waals surface area contributed by atoms with E-state index in [0.29, 0.717) is 6.54 Å². The average molecular weight is 254 g/mol. The number of benzene rings is 1. The topological polar surface area (TPSA) is 20.3 Å². The lowest BCUT2D eigenvalue weighted by Gasteiger charge is -2.14. The Bertz CT molecular complexity index is 508. The van der Waals surface area contributed by atoms with Gasteiger partial charge in [-0.15, -0.1) is 22.9 Å². The highest BCUT2D eigenvalue weighted by atomic mass is 35.5. The lowest BCUT2D eigenvalue weighted by atomic mass is 10.2. The first-order valence-electron chi connectivity index (χ1n) is 4.97. The average Bonchev–Trinajstić information content (AvgIpc) is 2.72. The maximum absolute atomic E-state index is 11.4. The number of halogens is 1. The van der Waals surface area contributed by atoms with Crippen LogP contribution < -0.4 is 0 Å². The first-order valence-corrected chi connectivity index (χ1v) is 6.39. The Kier molecular flexibility index (Phi) is 3.46. The van der Waals surface area contributed by atoms with Gasteiger partial charge < -0.3 is 4.90 Å². The Labute approximate surface area is 103 Å². The second-order valence-electron chi connectivity index (χ2n) is 3.64. The number of fused-ring (bicyclic) bond motifs is 1. The molecule has 0 unspecified atom stereocenters. The summed E-state index contributed by atoms with van der Waals surface area (Å²) < 4.78 is 1.25. The highest BCUT2D eigenvalue weighted by molar-refractivity contribution is 7.17. The van der Waals surface area contributed by atoms with Gasteiger partial charge in [-0.1, -0.05) is 18.2 Å². The van der Waals surface area contributed by atoms with Crippen LogP contribution in [0, 0.1) is 0 Å². The molecule has 2 nitrogen and oxygen atoms in total. The Morgan fingerprint density at radius 2 is 2.19 bits per heavy atom. The SMILES string of the molecule is CN(Cc1csc2ccccc12)C(=O)CCl. The van der Waals surface area contributed by atoms with E-state index in [9.17, 15) is 4.79 Å². The fraction of sp³-hybridized carbons (Fsp3) is 0.250. The molecule has 0 bridgehead atoms.